The van der Waals surface area contributed by atoms with Gasteiger partial charge in [-0.3, -0.25) is 9.69 Å². The molecule has 0 radical (unpaired) electrons. The Hall–Kier alpha value is -2.15. The summed E-state index contributed by atoms with van der Waals surface area (Å²) in [6.45, 7) is 3.19. The van der Waals surface area contributed by atoms with E-state index < -0.39 is 0 Å². The predicted octanol–water partition coefficient (Wildman–Crippen LogP) is 1.32. The largest absolute Gasteiger partial charge is 0.468 e. The minimum Gasteiger partial charge on any atom is -0.468 e. The summed E-state index contributed by atoms with van der Waals surface area (Å²) in [4.78, 5) is 17.3. The van der Waals surface area contributed by atoms with Crippen molar-refractivity contribution in [3.05, 3.63) is 24.3 Å². The van der Waals surface area contributed by atoms with Crippen molar-refractivity contribution in [3.63, 3.8) is 0 Å². The number of ether oxygens (including phenoxy) is 1. The van der Waals surface area contributed by atoms with Gasteiger partial charge in [-0.15, -0.1) is 0 Å². The molecule has 0 atom stereocenters. The van der Waals surface area contributed by atoms with E-state index in [9.17, 15) is 4.79 Å². The third-order valence-corrected chi connectivity index (χ3v) is 2.60. The van der Waals surface area contributed by atoms with Crippen LogP contribution >= 0.6 is 0 Å². The smallest absolute Gasteiger partial charge is 0.319 e. The van der Waals surface area contributed by atoms with Crippen molar-refractivity contribution >= 4 is 5.97 Å². The van der Waals surface area contributed by atoms with Gasteiger partial charge in [-0.25, -0.2) is 0 Å². The van der Waals surface area contributed by atoms with Crippen molar-refractivity contribution in [3.8, 4) is 11.6 Å². The van der Waals surface area contributed by atoms with Crippen molar-refractivity contribution in [2.24, 2.45) is 0 Å². The number of carbonyl (C=O) groups is 1. The van der Waals surface area contributed by atoms with Gasteiger partial charge in [0.2, 0.25) is 11.7 Å². The quantitative estimate of drug-likeness (QED) is 0.728. The highest BCUT2D eigenvalue weighted by molar-refractivity contribution is 5.71. The average molecular weight is 265 g/mol. The van der Waals surface area contributed by atoms with E-state index in [1.54, 1.807) is 18.4 Å². The molecule has 0 aromatic carbocycles. The van der Waals surface area contributed by atoms with Gasteiger partial charge >= 0.3 is 5.97 Å². The highest BCUT2D eigenvalue weighted by Crippen LogP contribution is 2.16. The van der Waals surface area contributed by atoms with Crippen LogP contribution in [0.15, 0.2) is 27.3 Å². The molecule has 0 fully saturated rings. The Kier molecular flexibility index (Phi) is 4.30. The van der Waals surface area contributed by atoms with Crippen LogP contribution in [0.3, 0.4) is 0 Å². The van der Waals surface area contributed by atoms with Crippen molar-refractivity contribution in [1.29, 1.82) is 0 Å². The van der Waals surface area contributed by atoms with E-state index in [1.165, 1.54) is 7.11 Å². The van der Waals surface area contributed by atoms with Crippen LogP contribution in [0.1, 0.15) is 12.8 Å². The molecule has 0 amide bonds. The second-order valence-electron chi connectivity index (χ2n) is 3.87. The number of aromatic nitrogens is 2. The first-order valence-corrected chi connectivity index (χ1v) is 5.88. The number of carbonyl (C=O) groups excluding carboxylic acids is 1. The molecule has 7 heteroatoms. The van der Waals surface area contributed by atoms with E-state index >= 15 is 0 Å². The summed E-state index contributed by atoms with van der Waals surface area (Å²) >= 11 is 0. The molecule has 0 spiro atoms. The lowest BCUT2D eigenvalue weighted by atomic mass is 10.4. The van der Waals surface area contributed by atoms with Crippen LogP contribution in [0, 0.1) is 0 Å². The number of esters is 1. The van der Waals surface area contributed by atoms with Gasteiger partial charge in [0.25, 0.3) is 0 Å². The fraction of sp³-hybridized carbons (Fsp3) is 0.417. The SMILES string of the molecule is CCN(CC(=O)OC)Cc1nc(-c2ccco2)no1. The summed E-state index contributed by atoms with van der Waals surface area (Å²) < 4.78 is 14.9. The first-order chi connectivity index (χ1) is 9.22. The van der Waals surface area contributed by atoms with Crippen molar-refractivity contribution in [1.82, 2.24) is 15.0 Å². The van der Waals surface area contributed by atoms with Gasteiger partial charge in [0, 0.05) is 0 Å². The van der Waals surface area contributed by atoms with Gasteiger partial charge < -0.3 is 13.7 Å². The number of hydrogen-bond donors (Lipinski definition) is 0. The van der Waals surface area contributed by atoms with Crippen LogP contribution in [-0.2, 0) is 16.1 Å². The maximum Gasteiger partial charge on any atom is 0.319 e. The molecular weight excluding hydrogens is 250 g/mol. The average Bonchev–Trinajstić information content (AvgIpc) is 3.08. The Morgan fingerprint density at radius 3 is 3.00 bits per heavy atom. The topological polar surface area (TPSA) is 81.6 Å². The van der Waals surface area contributed by atoms with Gasteiger partial charge in [0.15, 0.2) is 5.76 Å². The van der Waals surface area contributed by atoms with Crippen LogP contribution in [0.5, 0.6) is 0 Å². The highest BCUT2D eigenvalue weighted by atomic mass is 16.5. The zero-order chi connectivity index (χ0) is 13.7. The number of furan rings is 1. The molecule has 0 aliphatic rings. The molecule has 0 N–H and O–H groups in total. The molecule has 0 saturated heterocycles. The molecule has 2 aromatic rings. The molecule has 0 bridgehead atoms. The number of methoxy groups -OCH3 is 1. The summed E-state index contributed by atoms with van der Waals surface area (Å²) in [6, 6.07) is 3.50. The molecular formula is C12H15N3O4. The second-order valence-corrected chi connectivity index (χ2v) is 3.87. The fourth-order valence-corrected chi connectivity index (χ4v) is 1.54. The normalized spacial score (nSPS) is 10.9. The van der Waals surface area contributed by atoms with Gasteiger partial charge in [0.05, 0.1) is 26.5 Å². The Morgan fingerprint density at radius 1 is 1.53 bits per heavy atom. The van der Waals surface area contributed by atoms with Crippen LogP contribution < -0.4 is 0 Å². The molecule has 2 heterocycles. The lowest BCUT2D eigenvalue weighted by molar-refractivity contribution is -0.142. The van der Waals surface area contributed by atoms with E-state index in [0.717, 1.165) is 0 Å². The molecule has 0 aliphatic carbocycles. The molecule has 2 aromatic heterocycles. The Bertz CT molecular complexity index is 521. The minimum absolute atomic E-state index is 0.186. The van der Waals surface area contributed by atoms with Crippen molar-refractivity contribution in [2.75, 3.05) is 20.2 Å². The van der Waals surface area contributed by atoms with E-state index in [-0.39, 0.29) is 12.5 Å². The third kappa shape index (κ3) is 3.41. The standard InChI is InChI=1S/C12H15N3O4/c1-3-15(8-11(16)17-2)7-10-13-12(14-19-10)9-5-4-6-18-9/h4-6H,3,7-8H2,1-2H3. The number of hydrogen-bond acceptors (Lipinski definition) is 7. The molecule has 0 unspecified atom stereocenters. The predicted molar refractivity (Wildman–Crippen MR) is 65.0 cm³/mol. The van der Waals surface area contributed by atoms with E-state index in [1.807, 2.05) is 11.8 Å². The third-order valence-electron chi connectivity index (χ3n) is 2.60. The molecule has 102 valence electrons. The molecule has 0 aliphatic heterocycles. The zero-order valence-electron chi connectivity index (χ0n) is 10.8. The molecule has 19 heavy (non-hydrogen) atoms. The van der Waals surface area contributed by atoms with Crippen molar-refractivity contribution in [2.45, 2.75) is 13.5 Å². The van der Waals surface area contributed by atoms with Gasteiger partial charge in [-0.05, 0) is 18.7 Å². The summed E-state index contributed by atoms with van der Waals surface area (Å²) in [5.74, 6) is 1.07. The molecule has 0 saturated carbocycles. The first kappa shape index (κ1) is 13.3. The summed E-state index contributed by atoms with van der Waals surface area (Å²) in [7, 11) is 1.36. The van der Waals surface area contributed by atoms with Gasteiger partial charge in [-0.1, -0.05) is 12.1 Å². The molecule has 7 nitrogen and oxygen atoms in total. The maximum atomic E-state index is 11.2. The Balaban J connectivity index is 2.00. The monoisotopic (exact) mass is 265 g/mol. The number of nitrogens with zero attached hydrogens (tertiary/aromatic N) is 3. The summed E-state index contributed by atoms with van der Waals surface area (Å²) in [5.41, 5.74) is 0. The van der Waals surface area contributed by atoms with Crippen LogP contribution in [0.25, 0.3) is 11.6 Å². The second kappa shape index (κ2) is 6.14. The van der Waals surface area contributed by atoms with E-state index in [4.69, 9.17) is 8.94 Å². The summed E-state index contributed by atoms with van der Waals surface area (Å²) in [6.07, 6.45) is 1.54. The number of rotatable bonds is 6. The Morgan fingerprint density at radius 2 is 2.37 bits per heavy atom. The van der Waals surface area contributed by atoms with Crippen LogP contribution in [0.2, 0.25) is 0 Å². The van der Waals surface area contributed by atoms with E-state index in [0.29, 0.717) is 30.6 Å². The lowest BCUT2D eigenvalue weighted by Gasteiger charge is -2.15. The first-order valence-electron chi connectivity index (χ1n) is 5.88. The lowest BCUT2D eigenvalue weighted by Crippen LogP contribution is -2.30. The van der Waals surface area contributed by atoms with Crippen LogP contribution in [0.4, 0.5) is 0 Å². The van der Waals surface area contributed by atoms with Crippen LogP contribution in [-0.4, -0.2) is 41.2 Å². The highest BCUT2D eigenvalue weighted by Gasteiger charge is 2.15. The van der Waals surface area contributed by atoms with Gasteiger partial charge in [0.1, 0.15) is 0 Å². The maximum absolute atomic E-state index is 11.2. The van der Waals surface area contributed by atoms with E-state index in [2.05, 4.69) is 14.9 Å². The van der Waals surface area contributed by atoms with Gasteiger partial charge in [-0.2, -0.15) is 4.98 Å². The molecule has 2 rings (SSSR count). The van der Waals surface area contributed by atoms with Crippen molar-refractivity contribution < 1.29 is 18.5 Å². The fourth-order valence-electron chi connectivity index (χ4n) is 1.54. The minimum atomic E-state index is -0.298. The summed E-state index contributed by atoms with van der Waals surface area (Å²) in [5, 5.41) is 3.82. The Labute approximate surface area is 110 Å². The number of likely N-dealkylation sites (N-methyl/N-ethyl adjacent to an activating group) is 1. The zero-order valence-corrected chi connectivity index (χ0v) is 10.8.